The fourth-order valence-electron chi connectivity index (χ4n) is 0.971. The van der Waals surface area contributed by atoms with Gasteiger partial charge < -0.3 is 34.5 Å². The first kappa shape index (κ1) is 16.1. The van der Waals surface area contributed by atoms with E-state index in [9.17, 15) is 0 Å². The third kappa shape index (κ3) is 4.93. The number of hydrogen-bond donors (Lipinski definition) is 0. The van der Waals surface area contributed by atoms with Crippen LogP contribution >= 0.6 is 12.2 Å². The number of ether oxygens (including phenoxy) is 1. The molecule has 0 atom stereocenters. The summed E-state index contributed by atoms with van der Waals surface area (Å²) in [6.07, 6.45) is 0.960. The van der Waals surface area contributed by atoms with Crippen molar-refractivity contribution in [3.63, 3.8) is 0 Å². The van der Waals surface area contributed by atoms with E-state index < -0.39 is 0 Å². The van der Waals surface area contributed by atoms with E-state index in [1.54, 1.807) is 11.9 Å². The second kappa shape index (κ2) is 8.20. The van der Waals surface area contributed by atoms with Gasteiger partial charge in [-0.25, -0.2) is 0 Å². The molecule has 82 valence electrons. The molecular formula is C10H13N2NaOS2. The van der Waals surface area contributed by atoms with Crippen molar-refractivity contribution >= 4 is 35.0 Å². The summed E-state index contributed by atoms with van der Waals surface area (Å²) in [5.74, 6) is 1.32. The number of rotatable bonds is 4. The summed E-state index contributed by atoms with van der Waals surface area (Å²) in [6, 6.07) is 5.54. The van der Waals surface area contributed by atoms with Crippen molar-refractivity contribution in [3.8, 4) is 5.88 Å². The van der Waals surface area contributed by atoms with Gasteiger partial charge in [0.2, 0.25) is 5.88 Å². The van der Waals surface area contributed by atoms with Crippen LogP contribution in [0, 0.1) is 0 Å². The van der Waals surface area contributed by atoms with Gasteiger partial charge in [-0.3, -0.25) is 0 Å². The van der Waals surface area contributed by atoms with Crippen molar-refractivity contribution in [1.82, 2.24) is 4.98 Å². The van der Waals surface area contributed by atoms with Gasteiger partial charge in [0.15, 0.2) is 0 Å². The first-order chi connectivity index (χ1) is 7.15. The van der Waals surface area contributed by atoms with Crippen LogP contribution in [0.25, 0.3) is 0 Å². The average Bonchev–Trinajstić information content (AvgIpc) is 2.25. The van der Waals surface area contributed by atoms with Crippen molar-refractivity contribution in [1.29, 1.82) is 0 Å². The first-order valence-corrected chi connectivity index (χ1v) is 5.51. The smallest absolute Gasteiger partial charge is 0.478 e. The fourth-order valence-corrected chi connectivity index (χ4v) is 1.16. The van der Waals surface area contributed by atoms with E-state index in [4.69, 9.17) is 29.6 Å². The number of hydrogen-bond acceptors (Lipinski definition) is 4. The Morgan fingerprint density at radius 1 is 1.56 bits per heavy atom. The van der Waals surface area contributed by atoms with Crippen molar-refractivity contribution in [3.05, 3.63) is 18.2 Å². The summed E-state index contributed by atoms with van der Waals surface area (Å²) in [4.78, 5) is 5.95. The summed E-state index contributed by atoms with van der Waals surface area (Å²) in [7, 11) is 1.79. The third-order valence-electron chi connectivity index (χ3n) is 1.78. The predicted octanol–water partition coefficient (Wildman–Crippen LogP) is -0.858. The Balaban J connectivity index is 0.00000225. The molecular weight excluding hydrogens is 251 g/mol. The van der Waals surface area contributed by atoms with Crippen molar-refractivity contribution < 1.29 is 34.3 Å². The molecule has 0 saturated heterocycles. The van der Waals surface area contributed by atoms with E-state index in [0.717, 1.165) is 6.42 Å². The maximum absolute atomic E-state index is 5.41. The predicted molar refractivity (Wildman–Crippen MR) is 68.4 cm³/mol. The van der Waals surface area contributed by atoms with Crippen LogP contribution in [0.5, 0.6) is 5.88 Å². The van der Waals surface area contributed by atoms with Gasteiger partial charge in [0.05, 0.1) is 6.61 Å². The van der Waals surface area contributed by atoms with E-state index in [1.807, 2.05) is 25.1 Å². The van der Waals surface area contributed by atoms with Crippen LogP contribution < -0.4 is 39.2 Å². The normalized spacial score (nSPS) is 9.12. The molecule has 0 aliphatic carbocycles. The number of thiocarbonyl (C=S) groups is 1. The molecule has 0 aliphatic heterocycles. The SMILES string of the molecule is CCCOc1cccc(N(C)C(=S)[S-])n1.[Na+]. The van der Waals surface area contributed by atoms with Gasteiger partial charge in [-0.15, -0.1) is 0 Å². The minimum absolute atomic E-state index is 0. The third-order valence-corrected chi connectivity index (χ3v) is 2.33. The van der Waals surface area contributed by atoms with Gasteiger partial charge in [0, 0.05) is 13.1 Å². The Hall–Kier alpha value is 0.0600. The average molecular weight is 264 g/mol. The second-order valence-electron chi connectivity index (χ2n) is 3.01. The quantitative estimate of drug-likeness (QED) is 0.400. The Labute approximate surface area is 129 Å². The minimum Gasteiger partial charge on any atom is -0.478 e. The molecule has 0 bridgehead atoms. The molecule has 0 unspecified atom stereocenters. The molecule has 0 aromatic carbocycles. The largest absolute Gasteiger partial charge is 1.00 e. The van der Waals surface area contributed by atoms with Crippen LogP contribution in [-0.2, 0) is 12.6 Å². The summed E-state index contributed by atoms with van der Waals surface area (Å²) in [5, 5.41) is 0. The maximum atomic E-state index is 5.41. The van der Waals surface area contributed by atoms with Crippen LogP contribution in [-0.4, -0.2) is 23.0 Å². The molecule has 1 aromatic heterocycles. The topological polar surface area (TPSA) is 25.4 Å². The Bertz CT molecular complexity index is 349. The zero-order valence-electron chi connectivity index (χ0n) is 9.77. The first-order valence-electron chi connectivity index (χ1n) is 4.69. The summed E-state index contributed by atoms with van der Waals surface area (Å²) in [6.45, 7) is 2.72. The molecule has 0 spiro atoms. The molecule has 0 saturated carbocycles. The maximum Gasteiger partial charge on any atom is 1.00 e. The van der Waals surface area contributed by atoms with Crippen LogP contribution in [0.15, 0.2) is 18.2 Å². The summed E-state index contributed by atoms with van der Waals surface area (Å²) < 4.78 is 5.78. The summed E-state index contributed by atoms with van der Waals surface area (Å²) in [5.41, 5.74) is 0. The standard InChI is InChI=1S/C10H14N2OS2.Na/c1-3-7-13-9-6-4-5-8(11-9)12(2)10(14)15;/h4-6H,3,7H2,1-2H3,(H,14,15);/q;+1/p-1. The molecule has 0 radical (unpaired) electrons. The number of nitrogens with zero attached hydrogens (tertiary/aromatic N) is 2. The number of aromatic nitrogens is 1. The van der Waals surface area contributed by atoms with E-state index in [1.165, 1.54) is 0 Å². The monoisotopic (exact) mass is 264 g/mol. The van der Waals surface area contributed by atoms with Crippen molar-refractivity contribution in [2.45, 2.75) is 13.3 Å². The summed E-state index contributed by atoms with van der Waals surface area (Å²) >= 11 is 9.78. The van der Waals surface area contributed by atoms with E-state index in [-0.39, 0.29) is 29.6 Å². The molecule has 1 heterocycles. The molecule has 16 heavy (non-hydrogen) atoms. The van der Waals surface area contributed by atoms with Gasteiger partial charge in [0.25, 0.3) is 0 Å². The van der Waals surface area contributed by atoms with Crippen LogP contribution in [0.2, 0.25) is 0 Å². The van der Waals surface area contributed by atoms with Gasteiger partial charge in [-0.1, -0.05) is 17.3 Å². The van der Waals surface area contributed by atoms with E-state index >= 15 is 0 Å². The zero-order valence-corrected chi connectivity index (χ0v) is 13.4. The molecule has 1 rings (SSSR count). The van der Waals surface area contributed by atoms with Gasteiger partial charge in [-0.2, -0.15) is 4.98 Å². The molecule has 0 amide bonds. The van der Waals surface area contributed by atoms with Crippen molar-refractivity contribution in [2.75, 3.05) is 18.6 Å². The molecule has 1 aromatic rings. The molecule has 3 nitrogen and oxygen atoms in total. The van der Waals surface area contributed by atoms with Gasteiger partial charge in [0.1, 0.15) is 5.82 Å². The zero-order chi connectivity index (χ0) is 11.3. The van der Waals surface area contributed by atoms with Crippen LogP contribution in [0.1, 0.15) is 13.3 Å². The van der Waals surface area contributed by atoms with Crippen molar-refractivity contribution in [2.24, 2.45) is 0 Å². The van der Waals surface area contributed by atoms with Crippen LogP contribution in [0.4, 0.5) is 5.82 Å². The molecule has 0 N–H and O–H groups in total. The van der Waals surface area contributed by atoms with E-state index in [0.29, 0.717) is 22.6 Å². The van der Waals surface area contributed by atoms with Gasteiger partial charge in [-0.05, 0) is 12.5 Å². The molecule has 0 aliphatic rings. The molecule has 0 fully saturated rings. The van der Waals surface area contributed by atoms with Crippen LogP contribution in [0.3, 0.4) is 0 Å². The Kier molecular flexibility index (Phi) is 8.23. The van der Waals surface area contributed by atoms with E-state index in [2.05, 4.69) is 4.98 Å². The van der Waals surface area contributed by atoms with Gasteiger partial charge >= 0.3 is 29.6 Å². The number of anilines is 1. The fraction of sp³-hybridized carbons (Fsp3) is 0.400. The number of pyridine rings is 1. The second-order valence-corrected chi connectivity index (χ2v) is 4.04. The minimum atomic E-state index is 0. The Morgan fingerprint density at radius 3 is 2.81 bits per heavy atom. The molecule has 6 heteroatoms. The Morgan fingerprint density at radius 2 is 2.25 bits per heavy atom.